The molecule has 31 heavy (non-hydrogen) atoms. The van der Waals surface area contributed by atoms with Gasteiger partial charge in [-0.1, -0.05) is 12.1 Å². The van der Waals surface area contributed by atoms with Gasteiger partial charge in [-0.25, -0.2) is 13.2 Å². The lowest BCUT2D eigenvalue weighted by Crippen LogP contribution is -2.31. The highest BCUT2D eigenvalue weighted by Crippen LogP contribution is 2.28. The molecule has 2 aromatic carbocycles. The number of carbonyl (C=O) groups is 2. The van der Waals surface area contributed by atoms with Crippen molar-refractivity contribution in [2.45, 2.75) is 4.90 Å². The first kappa shape index (κ1) is 22.1. The monoisotopic (exact) mass is 447 g/mol. The van der Waals surface area contributed by atoms with Crippen LogP contribution in [0.25, 0.3) is 0 Å². The number of aromatic hydroxyl groups is 1. The van der Waals surface area contributed by atoms with Crippen molar-refractivity contribution in [3.63, 3.8) is 0 Å². The zero-order valence-corrected chi connectivity index (χ0v) is 17.3. The quantitative estimate of drug-likeness (QED) is 0.344. The molecule has 0 saturated carbocycles. The van der Waals surface area contributed by atoms with E-state index in [1.54, 1.807) is 6.07 Å². The normalized spacial score (nSPS) is 14.0. The Labute approximate surface area is 178 Å². The standard InChI is InChI=1S/C20H21N3O7S/c1-30-20(27)15-12-23(10-11-24)19(26)18(15)21-16-4-2-3-5-17(16)31(28,29)22-13-6-8-14(25)9-7-13/h2-9,21-22,24-25H,10-12H2,1H3. The summed E-state index contributed by atoms with van der Waals surface area (Å²) in [4.78, 5) is 26.0. The lowest BCUT2D eigenvalue weighted by atomic mass is 10.2. The number of phenolic OH excluding ortho intramolecular Hbond substituents is 1. The summed E-state index contributed by atoms with van der Waals surface area (Å²) in [6.45, 7) is -0.364. The molecular weight excluding hydrogens is 426 g/mol. The Morgan fingerprint density at radius 3 is 2.48 bits per heavy atom. The summed E-state index contributed by atoms with van der Waals surface area (Å²) in [5.74, 6) is -1.31. The van der Waals surface area contributed by atoms with Gasteiger partial charge in [-0.15, -0.1) is 0 Å². The average molecular weight is 447 g/mol. The van der Waals surface area contributed by atoms with Gasteiger partial charge in [0, 0.05) is 12.2 Å². The number of anilines is 2. The Hall–Kier alpha value is -3.57. The number of nitrogens with one attached hydrogen (secondary N) is 2. The Morgan fingerprint density at radius 1 is 1.16 bits per heavy atom. The van der Waals surface area contributed by atoms with Crippen molar-refractivity contribution in [1.82, 2.24) is 4.90 Å². The molecule has 0 aliphatic carbocycles. The number of carbonyl (C=O) groups excluding carboxylic acids is 2. The van der Waals surface area contributed by atoms with E-state index in [0.29, 0.717) is 0 Å². The fraction of sp³-hybridized carbons (Fsp3) is 0.200. The number of hydrogen-bond acceptors (Lipinski definition) is 8. The fourth-order valence-electron chi connectivity index (χ4n) is 3.03. The molecule has 11 heteroatoms. The molecule has 3 rings (SSSR count). The summed E-state index contributed by atoms with van der Waals surface area (Å²) in [5.41, 5.74) is 0.213. The van der Waals surface area contributed by atoms with Crippen LogP contribution < -0.4 is 10.0 Å². The minimum absolute atomic E-state index is 0.00681. The van der Waals surface area contributed by atoms with E-state index in [9.17, 15) is 23.1 Å². The second-order valence-electron chi connectivity index (χ2n) is 6.57. The molecule has 2 aromatic rings. The molecule has 1 heterocycles. The zero-order chi connectivity index (χ0) is 22.6. The number of ether oxygens (including phenoxy) is 1. The van der Waals surface area contributed by atoms with E-state index in [0.717, 1.165) is 0 Å². The van der Waals surface area contributed by atoms with Crippen LogP contribution in [0.3, 0.4) is 0 Å². The molecule has 164 valence electrons. The molecule has 0 radical (unpaired) electrons. The van der Waals surface area contributed by atoms with E-state index in [1.165, 1.54) is 54.5 Å². The zero-order valence-electron chi connectivity index (χ0n) is 16.5. The lowest BCUT2D eigenvalue weighted by Gasteiger charge is -2.16. The second kappa shape index (κ2) is 9.06. The highest BCUT2D eigenvalue weighted by atomic mass is 32.2. The minimum atomic E-state index is -4.08. The number of methoxy groups -OCH3 is 1. The number of benzene rings is 2. The van der Waals surface area contributed by atoms with Crippen LogP contribution in [0.15, 0.2) is 64.7 Å². The number of aliphatic hydroxyl groups is 1. The summed E-state index contributed by atoms with van der Waals surface area (Å²) < 4.78 is 33.0. The van der Waals surface area contributed by atoms with Gasteiger partial charge in [0.15, 0.2) is 0 Å². The fourth-order valence-corrected chi connectivity index (χ4v) is 4.25. The number of nitrogens with zero attached hydrogens (tertiary/aromatic N) is 1. The SMILES string of the molecule is COC(=O)C1=C(Nc2ccccc2S(=O)(=O)Nc2ccc(O)cc2)C(=O)N(CCO)C1. The second-order valence-corrected chi connectivity index (χ2v) is 8.22. The Balaban J connectivity index is 1.96. The van der Waals surface area contributed by atoms with Gasteiger partial charge in [-0.3, -0.25) is 9.52 Å². The molecular formula is C20H21N3O7S. The smallest absolute Gasteiger partial charge is 0.337 e. The largest absolute Gasteiger partial charge is 0.508 e. The van der Waals surface area contributed by atoms with E-state index in [4.69, 9.17) is 9.84 Å². The third-order valence-corrected chi connectivity index (χ3v) is 5.95. The molecule has 4 N–H and O–H groups in total. The van der Waals surface area contributed by atoms with Crippen LogP contribution in [0.4, 0.5) is 11.4 Å². The number of sulfonamides is 1. The van der Waals surface area contributed by atoms with Crippen LogP contribution >= 0.6 is 0 Å². The maximum absolute atomic E-state index is 13.0. The molecule has 0 bridgehead atoms. The van der Waals surface area contributed by atoms with Crippen LogP contribution in [-0.4, -0.2) is 62.2 Å². The molecule has 0 fully saturated rings. The van der Waals surface area contributed by atoms with Gasteiger partial charge < -0.3 is 25.2 Å². The van der Waals surface area contributed by atoms with Crippen molar-refractivity contribution < 1.29 is 33.0 Å². The van der Waals surface area contributed by atoms with E-state index in [-0.39, 0.29) is 53.0 Å². The molecule has 0 spiro atoms. The summed E-state index contributed by atoms with van der Waals surface area (Å²) in [6.07, 6.45) is 0. The van der Waals surface area contributed by atoms with E-state index in [1.807, 2.05) is 0 Å². The molecule has 0 atom stereocenters. The molecule has 0 saturated heterocycles. The minimum Gasteiger partial charge on any atom is -0.508 e. The van der Waals surface area contributed by atoms with Crippen molar-refractivity contribution in [2.75, 3.05) is 36.8 Å². The number of para-hydroxylation sites is 1. The summed E-state index contributed by atoms with van der Waals surface area (Å²) in [6, 6.07) is 11.3. The summed E-state index contributed by atoms with van der Waals surface area (Å²) in [5, 5.41) is 21.3. The molecule has 0 unspecified atom stereocenters. The first-order valence-corrected chi connectivity index (χ1v) is 10.6. The molecule has 1 aliphatic rings. The number of esters is 1. The maximum Gasteiger partial charge on any atom is 0.337 e. The molecule has 1 amide bonds. The molecule has 0 aromatic heterocycles. The third-order valence-electron chi connectivity index (χ3n) is 4.51. The van der Waals surface area contributed by atoms with Crippen molar-refractivity contribution in [2.24, 2.45) is 0 Å². The predicted molar refractivity (Wildman–Crippen MR) is 112 cm³/mol. The summed E-state index contributed by atoms with van der Waals surface area (Å²) >= 11 is 0. The highest BCUT2D eigenvalue weighted by molar-refractivity contribution is 7.92. The van der Waals surface area contributed by atoms with Gasteiger partial charge in [-0.05, 0) is 36.4 Å². The van der Waals surface area contributed by atoms with Crippen molar-refractivity contribution in [3.05, 3.63) is 59.8 Å². The van der Waals surface area contributed by atoms with Gasteiger partial charge in [0.2, 0.25) is 0 Å². The highest BCUT2D eigenvalue weighted by Gasteiger charge is 2.35. The van der Waals surface area contributed by atoms with Gasteiger partial charge in [0.1, 0.15) is 16.3 Å². The van der Waals surface area contributed by atoms with Crippen LogP contribution in [0.5, 0.6) is 5.75 Å². The van der Waals surface area contributed by atoms with Crippen molar-refractivity contribution in [3.8, 4) is 5.75 Å². The van der Waals surface area contributed by atoms with E-state index >= 15 is 0 Å². The number of β-amino-alcohol motifs (C(OH)–C–C–N with tert-alkyl or cyclic N) is 1. The molecule has 1 aliphatic heterocycles. The Kier molecular flexibility index (Phi) is 6.47. The van der Waals surface area contributed by atoms with Gasteiger partial charge >= 0.3 is 5.97 Å². The van der Waals surface area contributed by atoms with Crippen LogP contribution in [-0.2, 0) is 24.3 Å². The van der Waals surface area contributed by atoms with Gasteiger partial charge in [0.25, 0.3) is 15.9 Å². The maximum atomic E-state index is 13.0. The topological polar surface area (TPSA) is 145 Å². The van der Waals surface area contributed by atoms with Gasteiger partial charge in [-0.2, -0.15) is 0 Å². The van der Waals surface area contributed by atoms with E-state index < -0.39 is 21.9 Å². The van der Waals surface area contributed by atoms with Crippen molar-refractivity contribution in [1.29, 1.82) is 0 Å². The lowest BCUT2D eigenvalue weighted by molar-refractivity contribution is -0.136. The van der Waals surface area contributed by atoms with E-state index in [2.05, 4.69) is 10.0 Å². The Bertz CT molecular complexity index is 1130. The number of amides is 1. The average Bonchev–Trinajstić information content (AvgIpc) is 3.05. The number of phenols is 1. The first-order chi connectivity index (χ1) is 14.8. The third kappa shape index (κ3) is 4.78. The van der Waals surface area contributed by atoms with Crippen LogP contribution in [0, 0.1) is 0 Å². The van der Waals surface area contributed by atoms with Gasteiger partial charge in [0.05, 0.1) is 31.5 Å². The Morgan fingerprint density at radius 2 is 1.84 bits per heavy atom. The van der Waals surface area contributed by atoms with Crippen molar-refractivity contribution >= 4 is 33.3 Å². The van der Waals surface area contributed by atoms with Crippen LogP contribution in [0.1, 0.15) is 0 Å². The number of hydrogen-bond donors (Lipinski definition) is 4. The molecule has 10 nitrogen and oxygen atoms in total. The summed E-state index contributed by atoms with van der Waals surface area (Å²) in [7, 11) is -2.91. The predicted octanol–water partition coefficient (Wildman–Crippen LogP) is 0.866. The number of aliphatic hydroxyl groups excluding tert-OH is 1. The van der Waals surface area contributed by atoms with Crippen LogP contribution in [0.2, 0.25) is 0 Å². The number of rotatable bonds is 8. The first-order valence-electron chi connectivity index (χ1n) is 9.16.